The molecule has 2 nitrogen and oxygen atoms in total. The van der Waals surface area contributed by atoms with Crippen LogP contribution in [-0.4, -0.2) is 9.13 Å². The minimum Gasteiger partial charge on any atom is -0.309 e. The highest BCUT2D eigenvalue weighted by molar-refractivity contribution is 6.12. The molecule has 0 unspecified atom stereocenters. The Bertz CT molecular complexity index is 2470. The molecule has 0 fully saturated rings. The van der Waals surface area contributed by atoms with Crippen LogP contribution in [-0.2, 0) is 0 Å². The molecule has 1 aliphatic rings. The summed E-state index contributed by atoms with van der Waals surface area (Å²) in [5.41, 5.74) is 13.8. The van der Waals surface area contributed by atoms with Crippen LogP contribution in [0, 0.1) is 6.92 Å². The molecule has 0 radical (unpaired) electrons. The van der Waals surface area contributed by atoms with Gasteiger partial charge in [0, 0.05) is 32.9 Å². The normalized spacial score (nSPS) is 13.3. The average Bonchev–Trinajstić information content (AvgIpc) is 3.60. The van der Waals surface area contributed by atoms with Crippen LogP contribution in [0.25, 0.3) is 71.7 Å². The molecule has 214 valence electrons. The van der Waals surface area contributed by atoms with E-state index in [9.17, 15) is 0 Å². The number of benzene rings is 6. The maximum Gasteiger partial charge on any atom is 0.0543 e. The van der Waals surface area contributed by atoms with Crippen LogP contribution in [0.3, 0.4) is 0 Å². The van der Waals surface area contributed by atoms with Crippen molar-refractivity contribution in [2.75, 3.05) is 0 Å². The van der Waals surface area contributed by atoms with Gasteiger partial charge in [-0.2, -0.15) is 0 Å². The zero-order valence-electron chi connectivity index (χ0n) is 25.2. The van der Waals surface area contributed by atoms with Gasteiger partial charge in [0.05, 0.1) is 22.1 Å². The Labute approximate surface area is 262 Å². The number of rotatable bonds is 4. The van der Waals surface area contributed by atoms with Gasteiger partial charge in [-0.25, -0.2) is 0 Å². The highest BCUT2D eigenvalue weighted by atomic mass is 15.0. The smallest absolute Gasteiger partial charge is 0.0543 e. The van der Waals surface area contributed by atoms with Crippen LogP contribution in [0.2, 0.25) is 0 Å². The van der Waals surface area contributed by atoms with E-state index in [1.165, 1.54) is 82.8 Å². The van der Waals surface area contributed by atoms with E-state index >= 15 is 0 Å². The van der Waals surface area contributed by atoms with Crippen molar-refractivity contribution < 1.29 is 0 Å². The van der Waals surface area contributed by atoms with Crippen LogP contribution >= 0.6 is 0 Å². The summed E-state index contributed by atoms with van der Waals surface area (Å²) >= 11 is 0. The fraction of sp³-hybridized carbons (Fsp3) is 0.0698. The lowest BCUT2D eigenvalue weighted by atomic mass is 9.97. The molecule has 45 heavy (non-hydrogen) atoms. The number of hydrogen-bond acceptors (Lipinski definition) is 0. The zero-order valence-corrected chi connectivity index (χ0v) is 25.2. The largest absolute Gasteiger partial charge is 0.309 e. The lowest BCUT2D eigenvalue weighted by Gasteiger charge is -2.12. The summed E-state index contributed by atoms with van der Waals surface area (Å²) in [4.78, 5) is 0. The van der Waals surface area contributed by atoms with Crippen LogP contribution in [0.4, 0.5) is 0 Å². The van der Waals surface area contributed by atoms with Crippen molar-refractivity contribution in [2.45, 2.75) is 19.8 Å². The number of nitrogens with zero attached hydrogens (tertiary/aromatic N) is 2. The minimum atomic E-state index is 1.10. The van der Waals surface area contributed by atoms with Crippen molar-refractivity contribution in [1.29, 1.82) is 0 Å². The summed E-state index contributed by atoms with van der Waals surface area (Å²) in [5.74, 6) is 0. The second-order valence-electron chi connectivity index (χ2n) is 12.2. The van der Waals surface area contributed by atoms with Crippen LogP contribution in [0.5, 0.6) is 0 Å². The highest BCUT2D eigenvalue weighted by Crippen LogP contribution is 2.38. The fourth-order valence-electron chi connectivity index (χ4n) is 7.26. The monoisotopic (exact) mass is 576 g/mol. The van der Waals surface area contributed by atoms with Crippen molar-refractivity contribution in [2.24, 2.45) is 0 Å². The van der Waals surface area contributed by atoms with Gasteiger partial charge in [0.2, 0.25) is 0 Å². The van der Waals surface area contributed by atoms with Crippen molar-refractivity contribution in [3.05, 3.63) is 163 Å². The first kappa shape index (κ1) is 25.9. The minimum absolute atomic E-state index is 1.10. The molecule has 0 amide bonds. The summed E-state index contributed by atoms with van der Waals surface area (Å²) in [6, 6.07) is 49.3. The predicted molar refractivity (Wildman–Crippen MR) is 192 cm³/mol. The van der Waals surface area contributed by atoms with Crippen molar-refractivity contribution >= 4 is 49.2 Å². The quantitative estimate of drug-likeness (QED) is 0.197. The van der Waals surface area contributed by atoms with Gasteiger partial charge in [0.25, 0.3) is 0 Å². The summed E-state index contributed by atoms with van der Waals surface area (Å²) < 4.78 is 4.80. The third-order valence-electron chi connectivity index (χ3n) is 9.45. The highest BCUT2D eigenvalue weighted by Gasteiger charge is 2.16. The molecule has 0 N–H and O–H groups in total. The number of fused-ring (bicyclic) bond motifs is 6. The Morgan fingerprint density at radius 2 is 1.07 bits per heavy atom. The van der Waals surface area contributed by atoms with Crippen molar-refractivity contribution in [3.63, 3.8) is 0 Å². The van der Waals surface area contributed by atoms with E-state index in [0.29, 0.717) is 0 Å². The van der Waals surface area contributed by atoms with Crippen LogP contribution in [0.1, 0.15) is 24.0 Å². The molecule has 2 heteroatoms. The van der Waals surface area contributed by atoms with Gasteiger partial charge in [-0.15, -0.1) is 0 Å². The molecule has 0 saturated carbocycles. The van der Waals surface area contributed by atoms with Gasteiger partial charge in [-0.3, -0.25) is 0 Å². The van der Waals surface area contributed by atoms with Crippen LogP contribution < -0.4 is 0 Å². The van der Waals surface area contributed by atoms with E-state index in [1.54, 1.807) is 0 Å². The molecule has 0 atom stereocenters. The molecule has 1 aliphatic carbocycles. The third kappa shape index (κ3) is 4.17. The first-order valence-electron chi connectivity index (χ1n) is 15.8. The fourth-order valence-corrected chi connectivity index (χ4v) is 7.26. The Hall–Kier alpha value is -5.60. The van der Waals surface area contributed by atoms with Gasteiger partial charge in [0.1, 0.15) is 0 Å². The summed E-state index contributed by atoms with van der Waals surface area (Å²) in [7, 11) is 0. The molecule has 2 heterocycles. The topological polar surface area (TPSA) is 9.86 Å². The second-order valence-corrected chi connectivity index (χ2v) is 12.2. The molecule has 8 aromatic rings. The molecular weight excluding hydrogens is 544 g/mol. The van der Waals surface area contributed by atoms with Crippen LogP contribution in [0.15, 0.2) is 152 Å². The summed E-state index contributed by atoms with van der Waals surface area (Å²) in [5, 5.41) is 5.10. The summed E-state index contributed by atoms with van der Waals surface area (Å²) in [6.45, 7) is 2.17. The average molecular weight is 577 g/mol. The second kappa shape index (κ2) is 10.2. The number of hydrogen-bond donors (Lipinski definition) is 0. The standard InChI is InChI=1S/C43H32N2/c1-29-16-23-37-39-28-33(20-25-42(39)45(43(37)26-29)34-12-6-3-7-13-34)32-19-24-41-38(27-32)36-14-8-9-15-40(36)44(41)35-21-17-31(18-22-35)30-10-4-2-5-11-30/h2-4,6-10,12-28H,5,11H2,1H3. The van der Waals surface area contributed by atoms with Gasteiger partial charge in [0.15, 0.2) is 0 Å². The Balaban J connectivity index is 1.20. The molecule has 6 aromatic carbocycles. The van der Waals surface area contributed by atoms with E-state index in [4.69, 9.17) is 0 Å². The van der Waals surface area contributed by atoms with E-state index in [-0.39, 0.29) is 0 Å². The SMILES string of the molecule is Cc1ccc2c3cc(-c4ccc5c(c4)c4ccccc4n5-c4ccc(C5=CC=CCC5)cc4)ccc3n(-c3ccccc3)c2c1. The zero-order chi connectivity index (χ0) is 29.9. The van der Waals surface area contributed by atoms with Gasteiger partial charge < -0.3 is 9.13 Å². The lowest BCUT2D eigenvalue weighted by molar-refractivity contribution is 1.05. The van der Waals surface area contributed by atoms with E-state index in [2.05, 4.69) is 168 Å². The number of para-hydroxylation sites is 2. The molecule has 0 spiro atoms. The maximum absolute atomic E-state index is 2.41. The van der Waals surface area contributed by atoms with Gasteiger partial charge in [-0.05, 0) is 108 Å². The molecule has 2 aromatic heterocycles. The maximum atomic E-state index is 2.41. The summed E-state index contributed by atoms with van der Waals surface area (Å²) in [6.07, 6.45) is 8.89. The number of allylic oxidation sites excluding steroid dienone is 4. The Morgan fingerprint density at radius 3 is 1.78 bits per heavy atom. The van der Waals surface area contributed by atoms with Crippen molar-refractivity contribution in [3.8, 4) is 22.5 Å². The molecule has 0 aliphatic heterocycles. The number of aryl methyl sites for hydroxylation is 1. The molecule has 9 rings (SSSR count). The first-order chi connectivity index (χ1) is 22.2. The van der Waals surface area contributed by atoms with Gasteiger partial charge >= 0.3 is 0 Å². The molecule has 0 saturated heterocycles. The Kier molecular flexibility index (Phi) is 5.89. The number of aromatic nitrogens is 2. The first-order valence-corrected chi connectivity index (χ1v) is 15.8. The van der Waals surface area contributed by atoms with E-state index < -0.39 is 0 Å². The van der Waals surface area contributed by atoms with Crippen molar-refractivity contribution in [1.82, 2.24) is 9.13 Å². The molecule has 0 bridgehead atoms. The van der Waals surface area contributed by atoms with E-state index in [0.717, 1.165) is 12.8 Å². The molecular formula is C43H32N2. The lowest BCUT2D eigenvalue weighted by Crippen LogP contribution is -1.95. The van der Waals surface area contributed by atoms with Gasteiger partial charge in [-0.1, -0.05) is 91.0 Å². The van der Waals surface area contributed by atoms with E-state index in [1.807, 2.05) is 0 Å². The Morgan fingerprint density at radius 1 is 0.467 bits per heavy atom. The third-order valence-corrected chi connectivity index (χ3v) is 9.45. The predicted octanol–water partition coefficient (Wildman–Crippen LogP) is 11.6.